The third kappa shape index (κ3) is 3.91. The Morgan fingerprint density at radius 2 is 2.12 bits per heavy atom. The number of carbonyl (C=O) groups excluding carboxylic acids is 2. The van der Waals surface area contributed by atoms with Crippen molar-refractivity contribution in [3.8, 4) is 0 Å². The van der Waals surface area contributed by atoms with Crippen LogP contribution >= 0.6 is 11.3 Å². The van der Waals surface area contributed by atoms with Crippen LogP contribution in [0, 0.1) is 0 Å². The fourth-order valence-electron chi connectivity index (χ4n) is 3.27. The van der Waals surface area contributed by atoms with Crippen molar-refractivity contribution in [2.75, 3.05) is 13.6 Å². The van der Waals surface area contributed by atoms with E-state index < -0.39 is 11.1 Å². The predicted octanol–water partition coefficient (Wildman–Crippen LogP) is 3.89. The summed E-state index contributed by atoms with van der Waals surface area (Å²) in [6, 6.07) is 4.00. The van der Waals surface area contributed by atoms with Gasteiger partial charge in [0.1, 0.15) is 11.1 Å². The lowest BCUT2D eigenvalue weighted by Gasteiger charge is -2.39. The summed E-state index contributed by atoms with van der Waals surface area (Å²) in [5, 5.41) is 2.01. The molecule has 0 spiro atoms. The van der Waals surface area contributed by atoms with E-state index in [4.69, 9.17) is 4.74 Å². The molecule has 134 valence electrons. The Morgan fingerprint density at radius 3 is 2.67 bits per heavy atom. The molecular formula is C18H28N2O3S. The van der Waals surface area contributed by atoms with Crippen LogP contribution < -0.4 is 0 Å². The second-order valence-electron chi connectivity index (χ2n) is 7.36. The first-order chi connectivity index (χ1) is 11.2. The van der Waals surface area contributed by atoms with Crippen LogP contribution in [0.15, 0.2) is 17.5 Å². The lowest BCUT2D eigenvalue weighted by Crippen LogP contribution is -2.57. The quantitative estimate of drug-likeness (QED) is 0.826. The molecule has 0 saturated carbocycles. The first-order valence-corrected chi connectivity index (χ1v) is 9.36. The topological polar surface area (TPSA) is 49.9 Å². The Bertz CT molecular complexity index is 580. The first kappa shape index (κ1) is 18.8. The number of rotatable bonds is 4. The number of amides is 2. The van der Waals surface area contributed by atoms with Gasteiger partial charge in [0.15, 0.2) is 0 Å². The van der Waals surface area contributed by atoms with E-state index in [1.165, 1.54) is 0 Å². The highest BCUT2D eigenvalue weighted by molar-refractivity contribution is 7.09. The van der Waals surface area contributed by atoms with E-state index in [0.29, 0.717) is 25.9 Å². The van der Waals surface area contributed by atoms with Crippen molar-refractivity contribution in [1.82, 2.24) is 9.80 Å². The van der Waals surface area contributed by atoms with E-state index in [9.17, 15) is 9.59 Å². The van der Waals surface area contributed by atoms with Gasteiger partial charge in [-0.25, -0.2) is 4.79 Å². The molecule has 0 bridgehead atoms. The molecule has 2 amide bonds. The highest BCUT2D eigenvalue weighted by Gasteiger charge is 2.50. The minimum absolute atomic E-state index is 0.00163. The third-order valence-corrected chi connectivity index (χ3v) is 5.27. The maximum absolute atomic E-state index is 13.2. The van der Waals surface area contributed by atoms with Crippen molar-refractivity contribution in [2.45, 2.75) is 64.6 Å². The van der Waals surface area contributed by atoms with Crippen LogP contribution in [0.4, 0.5) is 4.79 Å². The second-order valence-corrected chi connectivity index (χ2v) is 8.39. The van der Waals surface area contributed by atoms with E-state index in [1.807, 2.05) is 52.3 Å². The number of hydrogen-bond donors (Lipinski definition) is 0. The Balaban J connectivity index is 2.18. The zero-order valence-corrected chi connectivity index (χ0v) is 16.1. The van der Waals surface area contributed by atoms with Crippen LogP contribution in [0.3, 0.4) is 0 Å². The number of ether oxygens (including phenoxy) is 1. The fourth-order valence-corrected chi connectivity index (χ4v) is 4.02. The number of likely N-dealkylation sites (N-methyl/N-ethyl adjacent to an activating group) is 1. The molecule has 1 saturated heterocycles. The summed E-state index contributed by atoms with van der Waals surface area (Å²) in [6.07, 6.45) is 1.72. The smallest absolute Gasteiger partial charge is 0.411 e. The summed E-state index contributed by atoms with van der Waals surface area (Å²) in [4.78, 5) is 30.3. The Labute approximate surface area is 148 Å². The van der Waals surface area contributed by atoms with E-state index in [1.54, 1.807) is 21.1 Å². The lowest BCUT2D eigenvalue weighted by molar-refractivity contribution is -0.142. The van der Waals surface area contributed by atoms with Gasteiger partial charge in [-0.1, -0.05) is 13.0 Å². The lowest BCUT2D eigenvalue weighted by atomic mass is 9.91. The molecule has 2 rings (SSSR count). The van der Waals surface area contributed by atoms with Crippen LogP contribution in [0.2, 0.25) is 0 Å². The van der Waals surface area contributed by atoms with Crippen LogP contribution in [0.1, 0.15) is 51.8 Å². The standard InChI is InChI=1S/C18H28N2O3S/c1-6-18(15(21)19(5)13-14-9-7-12-24-14)10-8-11-20(18)16(22)23-17(2,3)4/h7,9,12H,6,8,10-11,13H2,1-5H3. The highest BCUT2D eigenvalue weighted by Crippen LogP contribution is 2.35. The summed E-state index contributed by atoms with van der Waals surface area (Å²) in [6.45, 7) is 8.65. The number of hydrogen-bond acceptors (Lipinski definition) is 4. The van der Waals surface area contributed by atoms with Crippen LogP contribution in [-0.4, -0.2) is 46.5 Å². The van der Waals surface area contributed by atoms with E-state index in [2.05, 4.69) is 0 Å². The van der Waals surface area contributed by atoms with E-state index >= 15 is 0 Å². The fraction of sp³-hybridized carbons (Fsp3) is 0.667. The summed E-state index contributed by atoms with van der Waals surface area (Å²) in [5.74, 6) is 0.00163. The van der Waals surface area contributed by atoms with Crippen LogP contribution in [0.5, 0.6) is 0 Å². The summed E-state index contributed by atoms with van der Waals surface area (Å²) < 4.78 is 5.53. The SMILES string of the molecule is CCC1(C(=O)N(C)Cc2cccs2)CCCN1C(=O)OC(C)(C)C. The minimum Gasteiger partial charge on any atom is -0.444 e. The van der Waals surface area contributed by atoms with Gasteiger partial charge in [0.05, 0.1) is 6.54 Å². The van der Waals surface area contributed by atoms with Gasteiger partial charge in [0.2, 0.25) is 5.91 Å². The summed E-state index contributed by atoms with van der Waals surface area (Å²) in [5.41, 5.74) is -1.35. The van der Waals surface area contributed by atoms with Gasteiger partial charge in [0.25, 0.3) is 0 Å². The summed E-state index contributed by atoms with van der Waals surface area (Å²) >= 11 is 1.63. The van der Waals surface area contributed by atoms with Crippen molar-refractivity contribution in [3.05, 3.63) is 22.4 Å². The van der Waals surface area contributed by atoms with Crippen molar-refractivity contribution >= 4 is 23.3 Å². The third-order valence-electron chi connectivity index (χ3n) is 4.41. The first-order valence-electron chi connectivity index (χ1n) is 8.48. The molecule has 0 aromatic carbocycles. The van der Waals surface area contributed by atoms with E-state index in [-0.39, 0.29) is 12.0 Å². The predicted molar refractivity (Wildman–Crippen MR) is 96.0 cm³/mol. The van der Waals surface area contributed by atoms with Crippen molar-refractivity contribution in [2.24, 2.45) is 0 Å². The molecule has 5 nitrogen and oxygen atoms in total. The molecule has 0 radical (unpaired) electrons. The molecule has 1 atom stereocenters. The van der Waals surface area contributed by atoms with Crippen LogP contribution in [-0.2, 0) is 16.1 Å². The molecule has 1 aliphatic rings. The molecule has 6 heteroatoms. The normalized spacial score (nSPS) is 21.0. The molecule has 1 aromatic rings. The molecule has 2 heterocycles. The molecule has 0 aliphatic carbocycles. The van der Waals surface area contributed by atoms with Gasteiger partial charge >= 0.3 is 6.09 Å². The van der Waals surface area contributed by atoms with Crippen LogP contribution in [0.25, 0.3) is 0 Å². The largest absolute Gasteiger partial charge is 0.444 e. The Kier molecular flexibility index (Phi) is 5.58. The molecule has 1 fully saturated rings. The van der Waals surface area contributed by atoms with Gasteiger partial charge in [-0.3, -0.25) is 9.69 Å². The zero-order chi connectivity index (χ0) is 18.0. The van der Waals surface area contributed by atoms with E-state index in [0.717, 1.165) is 11.3 Å². The number of thiophene rings is 1. The molecule has 0 N–H and O–H groups in total. The molecule has 1 unspecified atom stereocenters. The van der Waals surface area contributed by atoms with Gasteiger partial charge < -0.3 is 9.64 Å². The minimum atomic E-state index is -0.783. The number of carbonyl (C=O) groups is 2. The van der Waals surface area contributed by atoms with Crippen molar-refractivity contribution in [1.29, 1.82) is 0 Å². The average molecular weight is 353 g/mol. The Hall–Kier alpha value is -1.56. The highest BCUT2D eigenvalue weighted by atomic mass is 32.1. The molecular weight excluding hydrogens is 324 g/mol. The number of nitrogens with zero attached hydrogens (tertiary/aromatic N) is 2. The molecule has 1 aromatic heterocycles. The Morgan fingerprint density at radius 1 is 1.42 bits per heavy atom. The number of likely N-dealkylation sites (tertiary alicyclic amines) is 1. The van der Waals surface area contributed by atoms with Crippen molar-refractivity contribution in [3.63, 3.8) is 0 Å². The zero-order valence-electron chi connectivity index (χ0n) is 15.3. The van der Waals surface area contributed by atoms with Gasteiger partial charge in [-0.2, -0.15) is 0 Å². The van der Waals surface area contributed by atoms with Crippen molar-refractivity contribution < 1.29 is 14.3 Å². The molecule has 1 aliphatic heterocycles. The molecule has 24 heavy (non-hydrogen) atoms. The maximum atomic E-state index is 13.2. The maximum Gasteiger partial charge on any atom is 0.411 e. The average Bonchev–Trinajstić information content (AvgIpc) is 3.13. The second kappa shape index (κ2) is 7.13. The monoisotopic (exact) mass is 352 g/mol. The van der Waals surface area contributed by atoms with Gasteiger partial charge in [0, 0.05) is 18.5 Å². The van der Waals surface area contributed by atoms with Gasteiger partial charge in [-0.05, 0) is 51.5 Å². The summed E-state index contributed by atoms with van der Waals surface area (Å²) in [7, 11) is 1.81. The van der Waals surface area contributed by atoms with Gasteiger partial charge in [-0.15, -0.1) is 11.3 Å².